The second kappa shape index (κ2) is 6.27. The highest BCUT2D eigenvalue weighted by atomic mass is 19.1. The van der Waals surface area contributed by atoms with E-state index in [0.29, 0.717) is 31.6 Å². The summed E-state index contributed by atoms with van der Waals surface area (Å²) in [6, 6.07) is 5.58. The molecular weight excluding hydrogens is 263 g/mol. The topological polar surface area (TPSA) is 59.0 Å². The highest BCUT2D eigenvalue weighted by Crippen LogP contribution is 2.11. The molecule has 0 atom stereocenters. The van der Waals surface area contributed by atoms with Gasteiger partial charge in [-0.15, -0.1) is 0 Å². The molecule has 0 unspecified atom stereocenters. The Kier molecular flexibility index (Phi) is 4.45. The Morgan fingerprint density at radius 2 is 1.90 bits per heavy atom. The highest BCUT2D eigenvalue weighted by molar-refractivity contribution is 5.91. The van der Waals surface area contributed by atoms with E-state index in [4.69, 9.17) is 4.84 Å². The third kappa shape index (κ3) is 3.40. The standard InChI is InChI=1S/C14H15FN2O3/c1-10(18)17-8-6-11(7-9-17)16-20-14(19)12-4-2-3-5-13(12)15/h2-5H,6-9H2,1H3. The summed E-state index contributed by atoms with van der Waals surface area (Å²) < 4.78 is 13.4. The second-order valence-corrected chi connectivity index (χ2v) is 4.52. The predicted molar refractivity (Wildman–Crippen MR) is 70.7 cm³/mol. The first kappa shape index (κ1) is 14.2. The Bertz CT molecular complexity index is 547. The van der Waals surface area contributed by atoms with Gasteiger partial charge < -0.3 is 9.74 Å². The average Bonchev–Trinajstić information content (AvgIpc) is 2.45. The molecule has 0 aromatic heterocycles. The maximum Gasteiger partial charge on any atom is 0.368 e. The zero-order valence-electron chi connectivity index (χ0n) is 11.1. The molecule has 1 saturated heterocycles. The molecule has 1 fully saturated rings. The van der Waals surface area contributed by atoms with E-state index in [0.717, 1.165) is 0 Å². The van der Waals surface area contributed by atoms with Gasteiger partial charge in [0.25, 0.3) is 0 Å². The summed E-state index contributed by atoms with van der Waals surface area (Å²) in [5, 5.41) is 3.76. The molecule has 0 aliphatic carbocycles. The Balaban J connectivity index is 1.92. The molecule has 1 aromatic rings. The van der Waals surface area contributed by atoms with Gasteiger partial charge in [0.1, 0.15) is 5.82 Å². The number of likely N-dealkylation sites (tertiary alicyclic amines) is 1. The minimum atomic E-state index is -0.815. The summed E-state index contributed by atoms with van der Waals surface area (Å²) in [6.07, 6.45) is 1.12. The Hall–Kier alpha value is -2.24. The molecule has 106 valence electrons. The van der Waals surface area contributed by atoms with Crippen molar-refractivity contribution in [3.63, 3.8) is 0 Å². The molecule has 0 N–H and O–H groups in total. The first-order valence-electron chi connectivity index (χ1n) is 6.35. The second-order valence-electron chi connectivity index (χ2n) is 4.52. The van der Waals surface area contributed by atoms with E-state index < -0.39 is 11.8 Å². The van der Waals surface area contributed by atoms with Crippen LogP contribution in [0.25, 0.3) is 0 Å². The van der Waals surface area contributed by atoms with Gasteiger partial charge in [-0.25, -0.2) is 9.18 Å². The van der Waals surface area contributed by atoms with Crippen molar-refractivity contribution in [3.05, 3.63) is 35.6 Å². The fourth-order valence-electron chi connectivity index (χ4n) is 1.95. The van der Waals surface area contributed by atoms with Gasteiger partial charge >= 0.3 is 5.97 Å². The van der Waals surface area contributed by atoms with Crippen molar-refractivity contribution in [2.45, 2.75) is 19.8 Å². The molecule has 1 aliphatic heterocycles. The molecule has 0 saturated carbocycles. The van der Waals surface area contributed by atoms with Crippen LogP contribution in [0.5, 0.6) is 0 Å². The molecule has 5 nitrogen and oxygen atoms in total. The first-order chi connectivity index (χ1) is 9.58. The number of halogens is 1. The maximum atomic E-state index is 13.4. The number of oxime groups is 1. The van der Waals surface area contributed by atoms with Crippen LogP contribution in [0.15, 0.2) is 29.4 Å². The average molecular weight is 278 g/mol. The number of rotatable bonds is 2. The Labute approximate surface area is 116 Å². The molecule has 2 rings (SSSR count). The van der Waals surface area contributed by atoms with Crippen LogP contribution in [0, 0.1) is 5.82 Å². The summed E-state index contributed by atoms with van der Waals surface area (Å²) >= 11 is 0. The largest absolute Gasteiger partial charge is 0.368 e. The highest BCUT2D eigenvalue weighted by Gasteiger charge is 2.18. The molecule has 6 heteroatoms. The minimum absolute atomic E-state index is 0.0207. The summed E-state index contributed by atoms with van der Waals surface area (Å²) in [6.45, 7) is 2.64. The molecule has 0 bridgehead atoms. The third-order valence-electron chi connectivity index (χ3n) is 3.14. The van der Waals surface area contributed by atoms with Gasteiger partial charge in [-0.1, -0.05) is 17.3 Å². The van der Waals surface area contributed by atoms with Crippen LogP contribution in [-0.4, -0.2) is 35.6 Å². The van der Waals surface area contributed by atoms with E-state index >= 15 is 0 Å². The summed E-state index contributed by atoms with van der Waals surface area (Å²) in [5.41, 5.74) is 0.560. The molecule has 20 heavy (non-hydrogen) atoms. The lowest BCUT2D eigenvalue weighted by Crippen LogP contribution is -2.37. The number of amides is 1. The van der Waals surface area contributed by atoms with E-state index in [2.05, 4.69) is 5.16 Å². The van der Waals surface area contributed by atoms with E-state index in [1.807, 2.05) is 0 Å². The lowest BCUT2D eigenvalue weighted by Gasteiger charge is -2.25. The van der Waals surface area contributed by atoms with Crippen LogP contribution in [-0.2, 0) is 9.63 Å². The van der Waals surface area contributed by atoms with E-state index in [1.54, 1.807) is 11.0 Å². The Morgan fingerprint density at radius 3 is 2.50 bits per heavy atom. The van der Waals surface area contributed by atoms with Crippen molar-refractivity contribution in [1.29, 1.82) is 0 Å². The molecule has 0 spiro atoms. The molecule has 1 heterocycles. The molecule has 1 aliphatic rings. The zero-order valence-corrected chi connectivity index (χ0v) is 11.1. The third-order valence-corrected chi connectivity index (χ3v) is 3.14. The van der Waals surface area contributed by atoms with Crippen molar-refractivity contribution in [1.82, 2.24) is 4.90 Å². The monoisotopic (exact) mass is 278 g/mol. The number of hydrogen-bond donors (Lipinski definition) is 0. The number of piperidine rings is 1. The van der Waals surface area contributed by atoms with Crippen molar-refractivity contribution in [2.24, 2.45) is 5.16 Å². The van der Waals surface area contributed by atoms with Crippen molar-refractivity contribution >= 4 is 17.6 Å². The summed E-state index contributed by atoms with van der Waals surface area (Å²) in [4.78, 5) is 29.3. The fraction of sp³-hybridized carbons (Fsp3) is 0.357. The predicted octanol–water partition coefficient (Wildman–Crippen LogP) is 1.98. The van der Waals surface area contributed by atoms with Gasteiger partial charge in [0.15, 0.2) is 0 Å². The van der Waals surface area contributed by atoms with Crippen LogP contribution >= 0.6 is 0 Å². The van der Waals surface area contributed by atoms with Gasteiger partial charge in [0.2, 0.25) is 5.91 Å². The molecule has 0 radical (unpaired) electrons. The van der Waals surface area contributed by atoms with Gasteiger partial charge in [-0.2, -0.15) is 0 Å². The van der Waals surface area contributed by atoms with Crippen LogP contribution in [0.4, 0.5) is 4.39 Å². The number of benzene rings is 1. The number of nitrogens with zero attached hydrogens (tertiary/aromatic N) is 2. The smallest absolute Gasteiger partial charge is 0.342 e. The zero-order chi connectivity index (χ0) is 14.5. The lowest BCUT2D eigenvalue weighted by molar-refractivity contribution is -0.128. The quantitative estimate of drug-likeness (QED) is 0.614. The van der Waals surface area contributed by atoms with Gasteiger partial charge in [-0.3, -0.25) is 4.79 Å². The molecule has 1 aromatic carbocycles. The van der Waals surface area contributed by atoms with Gasteiger partial charge in [0.05, 0.1) is 11.3 Å². The van der Waals surface area contributed by atoms with Crippen LogP contribution < -0.4 is 0 Å². The van der Waals surface area contributed by atoms with Crippen LogP contribution in [0.1, 0.15) is 30.1 Å². The normalized spacial score (nSPS) is 14.9. The summed E-state index contributed by atoms with van der Waals surface area (Å²) in [5.74, 6) is -1.43. The van der Waals surface area contributed by atoms with Crippen molar-refractivity contribution in [3.8, 4) is 0 Å². The lowest BCUT2D eigenvalue weighted by atomic mass is 10.1. The molecular formula is C14H15FN2O3. The number of carbonyl (C=O) groups excluding carboxylic acids is 2. The van der Waals surface area contributed by atoms with E-state index in [1.165, 1.54) is 25.1 Å². The van der Waals surface area contributed by atoms with Crippen LogP contribution in [0.2, 0.25) is 0 Å². The minimum Gasteiger partial charge on any atom is -0.342 e. The number of hydrogen-bond acceptors (Lipinski definition) is 4. The Morgan fingerprint density at radius 1 is 1.25 bits per heavy atom. The van der Waals surface area contributed by atoms with E-state index in [-0.39, 0.29) is 11.5 Å². The van der Waals surface area contributed by atoms with Crippen molar-refractivity contribution < 1.29 is 18.8 Å². The van der Waals surface area contributed by atoms with Gasteiger partial charge in [0, 0.05) is 32.9 Å². The summed E-state index contributed by atoms with van der Waals surface area (Å²) in [7, 11) is 0. The maximum absolute atomic E-state index is 13.4. The SMILES string of the molecule is CC(=O)N1CCC(=NOC(=O)c2ccccc2F)CC1. The van der Waals surface area contributed by atoms with Crippen LogP contribution in [0.3, 0.4) is 0 Å². The van der Waals surface area contributed by atoms with Crippen molar-refractivity contribution in [2.75, 3.05) is 13.1 Å². The first-order valence-corrected chi connectivity index (χ1v) is 6.35. The molecule has 1 amide bonds. The van der Waals surface area contributed by atoms with E-state index in [9.17, 15) is 14.0 Å². The fourth-order valence-corrected chi connectivity index (χ4v) is 1.95. The number of carbonyl (C=O) groups is 2. The van der Waals surface area contributed by atoms with Gasteiger partial charge in [-0.05, 0) is 12.1 Å².